The highest BCUT2D eigenvalue weighted by Crippen LogP contribution is 2.33. The van der Waals surface area contributed by atoms with Crippen LogP contribution in [0.3, 0.4) is 0 Å². The first-order valence-corrected chi connectivity index (χ1v) is 10.4. The van der Waals surface area contributed by atoms with Crippen LogP contribution in [0.4, 0.5) is 5.95 Å². The number of aromatic nitrogens is 4. The molecule has 0 saturated carbocycles. The number of likely N-dealkylation sites (tertiary alicyclic amines) is 1. The molecular weight excluding hydrogens is 336 g/mol. The van der Waals surface area contributed by atoms with Gasteiger partial charge in [-0.2, -0.15) is 0 Å². The molecule has 0 bridgehead atoms. The normalized spacial score (nSPS) is 21.7. The van der Waals surface area contributed by atoms with E-state index >= 15 is 0 Å². The predicted molar refractivity (Wildman–Crippen MR) is 106 cm³/mol. The lowest BCUT2D eigenvalue weighted by Crippen LogP contribution is -2.37. The molecule has 2 fully saturated rings. The summed E-state index contributed by atoms with van der Waals surface area (Å²) in [5.41, 5.74) is 1.24. The number of nitrogens with zero attached hydrogens (tertiary/aromatic N) is 6. The Balaban J connectivity index is 1.25. The standard InChI is InChI=1S/C21H30N6/c1-2-4-20-24-13-17(14-25-20)15-26-10-5-19(16-26)18-6-11-27(12-7-18)21-22-8-3-9-23-21/h3,8-9,13-14,18-19H,2,4-7,10-12,15-16H2,1H3/t19-/m1/s1. The second-order valence-corrected chi connectivity index (χ2v) is 7.91. The summed E-state index contributed by atoms with van der Waals surface area (Å²) < 4.78 is 0. The molecule has 2 aliphatic heterocycles. The first kappa shape index (κ1) is 18.3. The van der Waals surface area contributed by atoms with Crippen LogP contribution in [0.2, 0.25) is 0 Å². The number of piperidine rings is 1. The van der Waals surface area contributed by atoms with Crippen molar-refractivity contribution in [3.63, 3.8) is 0 Å². The van der Waals surface area contributed by atoms with Crippen LogP contribution >= 0.6 is 0 Å². The van der Waals surface area contributed by atoms with Crippen LogP contribution in [0.25, 0.3) is 0 Å². The van der Waals surface area contributed by atoms with Crippen molar-refractivity contribution < 1.29 is 0 Å². The van der Waals surface area contributed by atoms with Gasteiger partial charge in [-0.25, -0.2) is 19.9 Å². The van der Waals surface area contributed by atoms with Crippen LogP contribution in [-0.2, 0) is 13.0 Å². The summed E-state index contributed by atoms with van der Waals surface area (Å²) in [6, 6.07) is 1.88. The van der Waals surface area contributed by atoms with Crippen molar-refractivity contribution in [1.82, 2.24) is 24.8 Å². The van der Waals surface area contributed by atoms with E-state index in [9.17, 15) is 0 Å². The van der Waals surface area contributed by atoms with Crippen LogP contribution in [0.5, 0.6) is 0 Å². The highest BCUT2D eigenvalue weighted by atomic mass is 15.2. The molecule has 2 aliphatic rings. The third-order valence-corrected chi connectivity index (χ3v) is 5.99. The molecule has 0 amide bonds. The van der Waals surface area contributed by atoms with Crippen LogP contribution in [0.1, 0.15) is 44.0 Å². The number of rotatable bonds is 6. The van der Waals surface area contributed by atoms with Gasteiger partial charge in [0, 0.05) is 63.0 Å². The smallest absolute Gasteiger partial charge is 0.225 e. The first-order valence-electron chi connectivity index (χ1n) is 10.4. The Hall–Kier alpha value is -2.08. The van der Waals surface area contributed by atoms with E-state index in [4.69, 9.17) is 0 Å². The Labute approximate surface area is 162 Å². The van der Waals surface area contributed by atoms with Gasteiger partial charge < -0.3 is 4.90 Å². The van der Waals surface area contributed by atoms with Gasteiger partial charge in [-0.3, -0.25) is 4.90 Å². The van der Waals surface area contributed by atoms with E-state index in [0.717, 1.165) is 56.1 Å². The summed E-state index contributed by atoms with van der Waals surface area (Å²) >= 11 is 0. The fourth-order valence-corrected chi connectivity index (χ4v) is 4.49. The quantitative estimate of drug-likeness (QED) is 0.783. The van der Waals surface area contributed by atoms with Crippen LogP contribution < -0.4 is 4.90 Å². The molecule has 0 radical (unpaired) electrons. The van der Waals surface area contributed by atoms with E-state index in [1.807, 2.05) is 30.9 Å². The molecule has 2 aromatic heterocycles. The molecule has 6 nitrogen and oxygen atoms in total. The largest absolute Gasteiger partial charge is 0.341 e. The monoisotopic (exact) mass is 366 g/mol. The Morgan fingerprint density at radius 3 is 2.33 bits per heavy atom. The van der Waals surface area contributed by atoms with Gasteiger partial charge in [0.05, 0.1) is 0 Å². The van der Waals surface area contributed by atoms with Gasteiger partial charge in [-0.05, 0) is 50.1 Å². The summed E-state index contributed by atoms with van der Waals surface area (Å²) in [6.07, 6.45) is 13.6. The zero-order valence-corrected chi connectivity index (χ0v) is 16.3. The number of anilines is 1. The van der Waals surface area contributed by atoms with E-state index in [1.165, 1.54) is 37.9 Å². The summed E-state index contributed by atoms with van der Waals surface area (Å²) in [5, 5.41) is 0. The molecule has 6 heteroatoms. The highest BCUT2D eigenvalue weighted by Gasteiger charge is 2.32. The van der Waals surface area contributed by atoms with Crippen LogP contribution in [0, 0.1) is 11.8 Å². The summed E-state index contributed by atoms with van der Waals surface area (Å²) in [4.78, 5) is 22.7. The van der Waals surface area contributed by atoms with Gasteiger partial charge in [0.1, 0.15) is 5.82 Å². The van der Waals surface area contributed by atoms with Crippen molar-refractivity contribution in [2.24, 2.45) is 11.8 Å². The average molecular weight is 367 g/mol. The minimum Gasteiger partial charge on any atom is -0.341 e. The molecule has 2 saturated heterocycles. The molecular formula is C21H30N6. The Bertz CT molecular complexity index is 696. The number of hydrogen-bond acceptors (Lipinski definition) is 6. The maximum absolute atomic E-state index is 4.50. The zero-order valence-electron chi connectivity index (χ0n) is 16.3. The Morgan fingerprint density at radius 2 is 1.63 bits per heavy atom. The summed E-state index contributed by atoms with van der Waals surface area (Å²) in [5.74, 6) is 3.51. The van der Waals surface area contributed by atoms with Crippen molar-refractivity contribution in [1.29, 1.82) is 0 Å². The van der Waals surface area contributed by atoms with E-state index < -0.39 is 0 Å². The average Bonchev–Trinajstić information content (AvgIpc) is 3.19. The van der Waals surface area contributed by atoms with E-state index in [1.54, 1.807) is 0 Å². The van der Waals surface area contributed by atoms with Crippen molar-refractivity contribution in [2.75, 3.05) is 31.1 Å². The molecule has 0 N–H and O–H groups in total. The van der Waals surface area contributed by atoms with Crippen LogP contribution in [-0.4, -0.2) is 51.0 Å². The lowest BCUT2D eigenvalue weighted by molar-refractivity contribution is 0.251. The highest BCUT2D eigenvalue weighted by molar-refractivity contribution is 5.28. The summed E-state index contributed by atoms with van der Waals surface area (Å²) in [7, 11) is 0. The second kappa shape index (κ2) is 8.74. The lowest BCUT2D eigenvalue weighted by Gasteiger charge is -2.34. The molecule has 0 aliphatic carbocycles. The van der Waals surface area contributed by atoms with Crippen molar-refractivity contribution in [3.05, 3.63) is 42.2 Å². The third-order valence-electron chi connectivity index (χ3n) is 5.99. The molecule has 2 aromatic rings. The third kappa shape index (κ3) is 4.61. The minimum atomic E-state index is 0.823. The van der Waals surface area contributed by atoms with E-state index in [0.29, 0.717) is 0 Å². The molecule has 27 heavy (non-hydrogen) atoms. The van der Waals surface area contributed by atoms with E-state index in [2.05, 4.69) is 36.7 Å². The van der Waals surface area contributed by atoms with Gasteiger partial charge in [-0.15, -0.1) is 0 Å². The molecule has 0 spiro atoms. The SMILES string of the molecule is CCCc1ncc(CN2CC[C@@H](C3CCN(c4ncccn4)CC3)C2)cn1. The lowest BCUT2D eigenvalue weighted by atomic mass is 9.84. The zero-order chi connectivity index (χ0) is 18.5. The number of aryl methyl sites for hydroxylation is 1. The summed E-state index contributed by atoms with van der Waals surface area (Å²) in [6.45, 7) is 7.72. The van der Waals surface area contributed by atoms with Crippen molar-refractivity contribution in [3.8, 4) is 0 Å². The Morgan fingerprint density at radius 1 is 0.926 bits per heavy atom. The molecule has 4 rings (SSSR count). The van der Waals surface area contributed by atoms with Gasteiger partial charge in [-0.1, -0.05) is 6.92 Å². The first-order chi connectivity index (χ1) is 13.3. The van der Waals surface area contributed by atoms with Crippen molar-refractivity contribution >= 4 is 5.95 Å². The molecule has 1 atom stereocenters. The predicted octanol–water partition coefficient (Wildman–Crippen LogP) is 2.96. The fourth-order valence-electron chi connectivity index (χ4n) is 4.49. The van der Waals surface area contributed by atoms with Gasteiger partial charge >= 0.3 is 0 Å². The topological polar surface area (TPSA) is 58.0 Å². The van der Waals surface area contributed by atoms with Gasteiger partial charge in [0.2, 0.25) is 5.95 Å². The Kier molecular flexibility index (Phi) is 5.92. The van der Waals surface area contributed by atoms with Crippen molar-refractivity contribution in [2.45, 2.75) is 45.6 Å². The van der Waals surface area contributed by atoms with Gasteiger partial charge in [0.15, 0.2) is 0 Å². The molecule has 144 valence electrons. The van der Waals surface area contributed by atoms with Gasteiger partial charge in [0.25, 0.3) is 0 Å². The molecule has 4 heterocycles. The fraction of sp³-hybridized carbons (Fsp3) is 0.619. The molecule has 0 unspecified atom stereocenters. The number of hydrogen-bond donors (Lipinski definition) is 0. The maximum atomic E-state index is 4.50. The van der Waals surface area contributed by atoms with E-state index in [-0.39, 0.29) is 0 Å². The maximum Gasteiger partial charge on any atom is 0.225 e. The minimum absolute atomic E-state index is 0.823. The second-order valence-electron chi connectivity index (χ2n) is 7.91. The van der Waals surface area contributed by atoms with Crippen LogP contribution in [0.15, 0.2) is 30.9 Å². The molecule has 0 aromatic carbocycles.